The number of methoxy groups -OCH3 is 2. The summed E-state index contributed by atoms with van der Waals surface area (Å²) in [5, 5.41) is 41.4. The molecule has 1 aromatic carbocycles. The van der Waals surface area contributed by atoms with Gasteiger partial charge in [-0.1, -0.05) is 6.07 Å². The lowest BCUT2D eigenvalue weighted by molar-refractivity contribution is -0.173. The Morgan fingerprint density at radius 3 is 2.26 bits per heavy atom. The van der Waals surface area contributed by atoms with Crippen LogP contribution in [0, 0.1) is 0 Å². The highest BCUT2D eigenvalue weighted by Crippen LogP contribution is 2.42. The number of carboxylic acids is 3. The zero-order valence-corrected chi connectivity index (χ0v) is 23.8. The molecule has 16 heteroatoms. The van der Waals surface area contributed by atoms with Crippen molar-refractivity contribution in [3.05, 3.63) is 35.5 Å². The van der Waals surface area contributed by atoms with E-state index >= 15 is 0 Å². The molecule has 13 nitrogen and oxygen atoms in total. The number of aliphatic hydroxyl groups is 1. The van der Waals surface area contributed by atoms with Crippen molar-refractivity contribution in [3.8, 4) is 11.5 Å². The van der Waals surface area contributed by atoms with Gasteiger partial charge in [-0.2, -0.15) is 18.3 Å². The molecule has 0 bridgehead atoms. The van der Waals surface area contributed by atoms with E-state index in [4.69, 9.17) is 29.9 Å². The zero-order valence-electron chi connectivity index (χ0n) is 23.8. The lowest BCUT2D eigenvalue weighted by Crippen LogP contribution is -2.42. The number of alkyl halides is 3. The van der Waals surface area contributed by atoms with Gasteiger partial charge in [0.2, 0.25) is 0 Å². The van der Waals surface area contributed by atoms with Crippen LogP contribution in [0.3, 0.4) is 0 Å². The van der Waals surface area contributed by atoms with Crippen molar-refractivity contribution in [2.75, 3.05) is 26.1 Å². The summed E-state index contributed by atoms with van der Waals surface area (Å²) in [6.45, 7) is 3.26. The monoisotopic (exact) mass is 616 g/mol. The Kier molecular flexibility index (Phi) is 10.5. The highest BCUT2D eigenvalue weighted by atomic mass is 19.4. The van der Waals surface area contributed by atoms with Crippen molar-refractivity contribution in [1.82, 2.24) is 14.7 Å². The number of rotatable bonds is 10. The third-order valence-corrected chi connectivity index (χ3v) is 7.26. The number of anilines is 1. The van der Waals surface area contributed by atoms with Crippen LogP contribution in [0.25, 0.3) is 0 Å². The Labute approximate surface area is 244 Å². The predicted molar refractivity (Wildman–Crippen MR) is 144 cm³/mol. The minimum Gasteiger partial charge on any atom is -0.497 e. The number of likely N-dealkylation sites (tertiary alicyclic amines) is 1. The average Bonchev–Trinajstić information content (AvgIpc) is 3.53. The number of hydrogen-bond acceptors (Lipinski definition) is 9. The first kappa shape index (κ1) is 33.5. The topological polar surface area (TPSA) is 184 Å². The predicted octanol–water partition coefficient (Wildman–Crippen LogP) is 3.30. The first-order valence-corrected chi connectivity index (χ1v) is 13.3. The van der Waals surface area contributed by atoms with Crippen LogP contribution < -0.4 is 14.8 Å². The molecule has 1 fully saturated rings. The van der Waals surface area contributed by atoms with Crippen LogP contribution in [0.15, 0.2) is 24.3 Å². The van der Waals surface area contributed by atoms with Crippen molar-refractivity contribution in [2.24, 2.45) is 0 Å². The number of nitrogens with zero attached hydrogens (tertiary/aromatic N) is 3. The molecule has 2 aliphatic heterocycles. The molecule has 238 valence electrons. The average molecular weight is 617 g/mol. The van der Waals surface area contributed by atoms with Crippen LogP contribution in [0.1, 0.15) is 62.4 Å². The summed E-state index contributed by atoms with van der Waals surface area (Å²) >= 11 is 0. The van der Waals surface area contributed by atoms with Gasteiger partial charge in [-0.05, 0) is 38.8 Å². The number of carboxylic acid groups (broad SMARTS) is 3. The molecule has 4 rings (SSSR count). The Morgan fingerprint density at radius 1 is 1.07 bits per heavy atom. The SMILES string of the molecule is COc1ccc(CN2CCCC2c2cc3n(n2)[C@@H](C(F)(F)F)C[C@@H](C)N3)c(OC)c1.O=C(O)CC(O)(CC(=O)O)C(=O)O. The third-order valence-electron chi connectivity index (χ3n) is 7.26. The van der Waals surface area contributed by atoms with Gasteiger partial charge in [-0.25, -0.2) is 9.48 Å². The summed E-state index contributed by atoms with van der Waals surface area (Å²) in [7, 11) is 3.22. The maximum atomic E-state index is 13.6. The Balaban J connectivity index is 0.000000331. The maximum absolute atomic E-state index is 13.6. The highest BCUT2D eigenvalue weighted by Gasteiger charge is 2.46. The molecule has 1 saturated heterocycles. The lowest BCUT2D eigenvalue weighted by Gasteiger charge is -2.31. The van der Waals surface area contributed by atoms with Crippen molar-refractivity contribution < 1.29 is 57.5 Å². The largest absolute Gasteiger partial charge is 0.497 e. The number of ether oxygens (including phenoxy) is 2. The fourth-order valence-corrected chi connectivity index (χ4v) is 5.21. The molecule has 2 aliphatic rings. The van der Waals surface area contributed by atoms with Gasteiger partial charge in [0.05, 0.1) is 38.8 Å². The maximum Gasteiger partial charge on any atom is 0.410 e. The second-order valence-electron chi connectivity index (χ2n) is 10.5. The third kappa shape index (κ3) is 8.28. The van der Waals surface area contributed by atoms with Crippen LogP contribution in [-0.2, 0) is 20.9 Å². The Morgan fingerprint density at radius 2 is 1.72 bits per heavy atom. The number of benzene rings is 1. The van der Waals surface area contributed by atoms with E-state index in [-0.39, 0.29) is 18.5 Å². The number of carbonyl (C=O) groups is 3. The molecule has 5 N–H and O–H groups in total. The van der Waals surface area contributed by atoms with Gasteiger partial charge >= 0.3 is 24.1 Å². The second kappa shape index (κ2) is 13.5. The van der Waals surface area contributed by atoms with Gasteiger partial charge in [-0.15, -0.1) is 0 Å². The molecule has 0 spiro atoms. The van der Waals surface area contributed by atoms with Gasteiger partial charge in [0.15, 0.2) is 11.6 Å². The van der Waals surface area contributed by atoms with E-state index in [2.05, 4.69) is 15.3 Å². The van der Waals surface area contributed by atoms with Crippen molar-refractivity contribution in [1.29, 1.82) is 0 Å². The number of aromatic nitrogens is 2. The van der Waals surface area contributed by atoms with Gasteiger partial charge in [0.1, 0.15) is 17.3 Å². The molecule has 0 radical (unpaired) electrons. The molecular formula is C27H35F3N4O9. The Bertz CT molecular complexity index is 1300. The van der Waals surface area contributed by atoms with Gasteiger partial charge in [0, 0.05) is 30.3 Å². The number of hydrogen-bond donors (Lipinski definition) is 5. The minimum atomic E-state index is -4.32. The van der Waals surface area contributed by atoms with Crippen molar-refractivity contribution in [3.63, 3.8) is 0 Å². The van der Waals surface area contributed by atoms with E-state index in [1.165, 1.54) is 0 Å². The smallest absolute Gasteiger partial charge is 0.410 e. The fraction of sp³-hybridized carbons (Fsp3) is 0.556. The Hall–Kier alpha value is -4.05. The molecule has 1 unspecified atom stereocenters. The second-order valence-corrected chi connectivity index (χ2v) is 10.5. The van der Waals surface area contributed by atoms with E-state index in [1.807, 2.05) is 18.2 Å². The van der Waals surface area contributed by atoms with Gasteiger partial charge in [-0.3, -0.25) is 14.5 Å². The van der Waals surface area contributed by atoms with Gasteiger partial charge in [0.25, 0.3) is 0 Å². The number of halogens is 3. The molecule has 3 atom stereocenters. The number of aliphatic carboxylic acids is 3. The lowest BCUT2D eigenvalue weighted by atomic mass is 9.96. The van der Waals surface area contributed by atoms with Crippen LogP contribution in [-0.4, -0.2) is 91.6 Å². The first-order chi connectivity index (χ1) is 20.1. The van der Waals surface area contributed by atoms with Crippen LogP contribution >= 0.6 is 0 Å². The standard InChI is InChI=1S/C21H27F3N4O2.C6H8O7/c1-13-9-19(21(22,23)24)28-20(25-13)11-16(26-28)17-5-4-8-27(17)12-14-6-7-15(29-2)10-18(14)30-3;7-3(8)1-6(13,5(11)12)2-4(9)10/h6-7,10-11,13,17,19,25H,4-5,8-9,12H2,1-3H3;13H,1-2H2,(H,7,8)(H,9,10)(H,11,12)/t13-,17?,19-;/m1./s1. The molecule has 0 amide bonds. The molecule has 0 saturated carbocycles. The quantitative estimate of drug-likeness (QED) is 0.263. The number of fused-ring (bicyclic) bond motifs is 1. The summed E-state index contributed by atoms with van der Waals surface area (Å²) in [6, 6.07) is 5.61. The summed E-state index contributed by atoms with van der Waals surface area (Å²) in [6.07, 6.45) is -4.79. The van der Waals surface area contributed by atoms with Crippen molar-refractivity contribution in [2.45, 2.75) is 75.5 Å². The first-order valence-electron chi connectivity index (χ1n) is 13.3. The van der Waals surface area contributed by atoms with E-state index in [0.717, 1.165) is 35.4 Å². The van der Waals surface area contributed by atoms with E-state index in [1.54, 1.807) is 27.2 Å². The normalized spacial score (nSPS) is 20.3. The molecule has 1 aromatic heterocycles. The van der Waals surface area contributed by atoms with Gasteiger partial charge < -0.3 is 35.2 Å². The molecule has 3 heterocycles. The highest BCUT2D eigenvalue weighted by molar-refractivity contribution is 5.88. The van der Waals surface area contributed by atoms with E-state index < -0.39 is 48.6 Å². The number of nitrogens with one attached hydrogen (secondary N) is 1. The van der Waals surface area contributed by atoms with E-state index in [0.29, 0.717) is 23.8 Å². The summed E-state index contributed by atoms with van der Waals surface area (Å²) in [4.78, 5) is 32.7. The molecule has 2 aromatic rings. The van der Waals surface area contributed by atoms with Crippen LogP contribution in [0.4, 0.5) is 19.0 Å². The van der Waals surface area contributed by atoms with Crippen LogP contribution in [0.5, 0.6) is 11.5 Å². The van der Waals surface area contributed by atoms with Crippen molar-refractivity contribution >= 4 is 23.7 Å². The van der Waals surface area contributed by atoms with Crippen LogP contribution in [0.2, 0.25) is 0 Å². The minimum absolute atomic E-state index is 0.0188. The summed E-state index contributed by atoms with van der Waals surface area (Å²) in [5.74, 6) is -3.12. The molecule has 43 heavy (non-hydrogen) atoms. The fourth-order valence-electron chi connectivity index (χ4n) is 5.21. The summed E-state index contributed by atoms with van der Waals surface area (Å²) < 4.78 is 52.6. The zero-order chi connectivity index (χ0) is 32.1. The molecular weight excluding hydrogens is 581 g/mol. The molecule has 0 aliphatic carbocycles. The van der Waals surface area contributed by atoms with E-state index in [9.17, 15) is 27.6 Å². The summed E-state index contributed by atoms with van der Waals surface area (Å²) in [5.41, 5.74) is -1.04.